The number of nitrogens with one attached hydrogen (secondary N) is 1. The van der Waals surface area contributed by atoms with E-state index in [1.807, 2.05) is 37.3 Å². The van der Waals surface area contributed by atoms with E-state index in [9.17, 15) is 14.8 Å². The molecule has 0 spiro atoms. The van der Waals surface area contributed by atoms with Crippen LogP contribution in [0.2, 0.25) is 10.0 Å². The minimum absolute atomic E-state index is 0.0661. The van der Waals surface area contributed by atoms with E-state index in [0.717, 1.165) is 43.6 Å². The van der Waals surface area contributed by atoms with Crippen LogP contribution in [0.3, 0.4) is 0 Å². The van der Waals surface area contributed by atoms with Crippen LogP contribution in [-0.4, -0.2) is 63.4 Å². The van der Waals surface area contributed by atoms with Gasteiger partial charge in [-0.15, -0.1) is 0 Å². The number of carbonyl (C=O) groups excluding carboxylic acids is 2. The van der Waals surface area contributed by atoms with E-state index in [1.54, 1.807) is 36.4 Å². The molecule has 3 fully saturated rings. The summed E-state index contributed by atoms with van der Waals surface area (Å²) in [6, 6.07) is 19.0. The van der Waals surface area contributed by atoms with Crippen molar-refractivity contribution in [1.29, 1.82) is 0 Å². The first-order valence-corrected chi connectivity index (χ1v) is 18.4. The molecule has 53 heavy (non-hydrogen) atoms. The molecule has 4 aromatic rings. The molecule has 3 aliphatic heterocycles. The molecule has 0 saturated carbocycles. The Morgan fingerprint density at radius 2 is 1.64 bits per heavy atom. The standard InChI is InChI=1S/C40H43Cl2N3O8/c1-4-51-34-19-28(39(46)52-35(20-30-31(41)22-45(48)23-32(30)42)27-12-13-33(49-2)36(18-27)50-3)10-11-29(34)21-43-38(26-8-6-5-7-9-26)40(47)53-37-24-44-16-14-25(37)15-17-44/h5-13,18-19,22-23,25,35,37-38,43H,4,14-17,20-21,24H2,1-3H3/t35-,37-,38?/m0/s1. The maximum atomic E-state index is 13.8. The number of aromatic nitrogens is 1. The third-order valence-electron chi connectivity index (χ3n) is 9.81. The molecule has 1 unspecified atom stereocenters. The van der Waals surface area contributed by atoms with Gasteiger partial charge in [0.2, 0.25) is 0 Å². The Morgan fingerprint density at radius 1 is 0.925 bits per heavy atom. The van der Waals surface area contributed by atoms with E-state index < -0.39 is 18.1 Å². The summed E-state index contributed by atoms with van der Waals surface area (Å²) in [6.45, 7) is 5.33. The summed E-state index contributed by atoms with van der Waals surface area (Å²) in [4.78, 5) is 29.9. The Bertz CT molecular complexity index is 1880. The normalized spacial score (nSPS) is 18.8. The number of fused-ring (bicyclic) bond motifs is 3. The van der Waals surface area contributed by atoms with Gasteiger partial charge in [-0.05, 0) is 74.2 Å². The highest BCUT2D eigenvalue weighted by Crippen LogP contribution is 2.36. The lowest BCUT2D eigenvalue weighted by atomic mass is 9.86. The largest absolute Gasteiger partial charge is 0.619 e. The minimum Gasteiger partial charge on any atom is -0.619 e. The Balaban J connectivity index is 1.22. The van der Waals surface area contributed by atoms with Gasteiger partial charge in [0, 0.05) is 30.6 Å². The molecule has 3 aromatic carbocycles. The number of pyridine rings is 1. The number of rotatable bonds is 15. The number of halogens is 2. The lowest BCUT2D eigenvalue weighted by Crippen LogP contribution is -2.52. The maximum Gasteiger partial charge on any atom is 0.338 e. The molecule has 3 aliphatic rings. The molecular weight excluding hydrogens is 721 g/mol. The van der Waals surface area contributed by atoms with E-state index in [1.165, 1.54) is 26.6 Å². The van der Waals surface area contributed by atoms with Gasteiger partial charge in [-0.3, -0.25) is 10.2 Å². The number of hydrogen-bond donors (Lipinski definition) is 1. The number of hydrogen-bond acceptors (Lipinski definition) is 10. The SMILES string of the molecule is CCOc1cc(C(=O)O[C@@H](Cc2c(Cl)c[n+]([O-])cc2Cl)c2ccc(OC)c(OC)c2)ccc1CNC(C(=O)O[C@H]1CN2CCC1CC2)c1ccccc1. The maximum absolute atomic E-state index is 13.8. The second kappa shape index (κ2) is 17.5. The van der Waals surface area contributed by atoms with Crippen LogP contribution in [0.1, 0.15) is 64.5 Å². The fraction of sp³-hybridized carbons (Fsp3) is 0.375. The van der Waals surface area contributed by atoms with Gasteiger partial charge in [0.1, 0.15) is 34.0 Å². The van der Waals surface area contributed by atoms with Crippen LogP contribution in [0.25, 0.3) is 0 Å². The quantitative estimate of drug-likeness (QED) is 0.0800. The molecule has 4 heterocycles. The van der Waals surface area contributed by atoms with Crippen molar-refractivity contribution in [2.24, 2.45) is 5.92 Å². The molecule has 13 heteroatoms. The molecule has 11 nitrogen and oxygen atoms in total. The zero-order valence-corrected chi connectivity index (χ0v) is 31.4. The van der Waals surface area contributed by atoms with Gasteiger partial charge < -0.3 is 28.9 Å². The number of ether oxygens (including phenoxy) is 5. The molecule has 0 amide bonds. The van der Waals surface area contributed by atoms with Crippen LogP contribution in [0.5, 0.6) is 17.2 Å². The topological polar surface area (TPSA) is 122 Å². The van der Waals surface area contributed by atoms with Crippen molar-refractivity contribution >= 4 is 35.1 Å². The van der Waals surface area contributed by atoms with Crippen molar-refractivity contribution in [2.75, 3.05) is 40.5 Å². The first kappa shape index (κ1) is 38.2. The predicted octanol–water partition coefficient (Wildman–Crippen LogP) is 6.65. The van der Waals surface area contributed by atoms with Crippen LogP contribution in [0.4, 0.5) is 0 Å². The molecule has 1 aromatic heterocycles. The van der Waals surface area contributed by atoms with Gasteiger partial charge in [-0.2, -0.15) is 4.73 Å². The summed E-state index contributed by atoms with van der Waals surface area (Å²) < 4.78 is 29.7. The van der Waals surface area contributed by atoms with E-state index in [0.29, 0.717) is 45.6 Å². The van der Waals surface area contributed by atoms with E-state index in [2.05, 4.69) is 10.2 Å². The Morgan fingerprint density at radius 3 is 2.28 bits per heavy atom. The number of carbonyl (C=O) groups is 2. The van der Waals surface area contributed by atoms with Gasteiger partial charge in [0.15, 0.2) is 23.9 Å². The molecule has 3 saturated heterocycles. The van der Waals surface area contributed by atoms with E-state index in [-0.39, 0.29) is 40.6 Å². The fourth-order valence-corrected chi connectivity index (χ4v) is 7.56. The number of nitrogens with zero attached hydrogens (tertiary/aromatic N) is 2. The van der Waals surface area contributed by atoms with Crippen molar-refractivity contribution in [3.05, 3.63) is 122 Å². The Hall–Kier alpha value is -4.55. The van der Waals surface area contributed by atoms with Gasteiger partial charge in [0.25, 0.3) is 0 Å². The Kier molecular flexibility index (Phi) is 12.6. The lowest BCUT2D eigenvalue weighted by Gasteiger charge is -2.44. The lowest BCUT2D eigenvalue weighted by molar-refractivity contribution is -0.605. The molecule has 3 atom stereocenters. The van der Waals surface area contributed by atoms with Crippen LogP contribution in [-0.2, 0) is 27.2 Å². The molecule has 2 bridgehead atoms. The predicted molar refractivity (Wildman–Crippen MR) is 200 cm³/mol. The van der Waals surface area contributed by atoms with Crippen molar-refractivity contribution < 1.29 is 38.0 Å². The van der Waals surface area contributed by atoms with Crippen LogP contribution in [0, 0.1) is 11.1 Å². The highest BCUT2D eigenvalue weighted by molar-refractivity contribution is 6.35. The molecular formula is C40H43Cl2N3O8. The molecule has 7 rings (SSSR count). The second-order valence-electron chi connectivity index (χ2n) is 13.1. The second-order valence-corrected chi connectivity index (χ2v) is 13.9. The molecule has 0 aliphatic carbocycles. The minimum atomic E-state index is -0.884. The summed E-state index contributed by atoms with van der Waals surface area (Å²) >= 11 is 12.9. The van der Waals surface area contributed by atoms with Crippen molar-refractivity contribution in [2.45, 2.75) is 51.0 Å². The smallest absolute Gasteiger partial charge is 0.338 e. The summed E-state index contributed by atoms with van der Waals surface area (Å²) in [5.41, 5.74) is 2.80. The van der Waals surface area contributed by atoms with Crippen LogP contribution in [0.15, 0.2) is 79.1 Å². The monoisotopic (exact) mass is 763 g/mol. The van der Waals surface area contributed by atoms with Gasteiger partial charge in [0.05, 0.1) is 26.4 Å². The molecule has 0 radical (unpaired) electrons. The van der Waals surface area contributed by atoms with Gasteiger partial charge >= 0.3 is 11.9 Å². The van der Waals surface area contributed by atoms with E-state index in [4.69, 9.17) is 46.9 Å². The summed E-state index contributed by atoms with van der Waals surface area (Å²) in [6.07, 6.45) is 3.52. The first-order chi connectivity index (χ1) is 25.7. The van der Waals surface area contributed by atoms with Crippen molar-refractivity contribution in [3.8, 4) is 17.2 Å². The number of esters is 2. The zero-order chi connectivity index (χ0) is 37.5. The molecule has 280 valence electrons. The van der Waals surface area contributed by atoms with Gasteiger partial charge in [-0.25, -0.2) is 9.59 Å². The molecule has 1 N–H and O–H groups in total. The zero-order valence-electron chi connectivity index (χ0n) is 29.9. The highest BCUT2D eigenvalue weighted by Gasteiger charge is 2.38. The van der Waals surface area contributed by atoms with Gasteiger partial charge in [-0.1, -0.05) is 65.7 Å². The fourth-order valence-electron chi connectivity index (χ4n) is 6.96. The number of piperidine rings is 3. The third-order valence-corrected chi connectivity index (χ3v) is 10.5. The Labute approximate surface area is 319 Å². The summed E-state index contributed by atoms with van der Waals surface area (Å²) in [5, 5.41) is 15.6. The summed E-state index contributed by atoms with van der Waals surface area (Å²) in [7, 11) is 3.04. The van der Waals surface area contributed by atoms with Crippen LogP contribution >= 0.6 is 23.2 Å². The van der Waals surface area contributed by atoms with Crippen molar-refractivity contribution in [1.82, 2.24) is 10.2 Å². The average Bonchev–Trinajstić information content (AvgIpc) is 3.17. The number of benzene rings is 3. The summed E-state index contributed by atoms with van der Waals surface area (Å²) in [5.74, 6) is 0.829. The number of methoxy groups -OCH3 is 2. The van der Waals surface area contributed by atoms with Crippen molar-refractivity contribution in [3.63, 3.8) is 0 Å². The first-order valence-electron chi connectivity index (χ1n) is 17.6. The average molecular weight is 765 g/mol. The third kappa shape index (κ3) is 9.16. The van der Waals surface area contributed by atoms with Crippen LogP contribution < -0.4 is 24.3 Å². The van der Waals surface area contributed by atoms with E-state index >= 15 is 0 Å². The highest BCUT2D eigenvalue weighted by atomic mass is 35.5.